The average molecular weight is 370 g/mol. The summed E-state index contributed by atoms with van der Waals surface area (Å²) in [6, 6.07) is 10.0. The van der Waals surface area contributed by atoms with Crippen LogP contribution in [-0.4, -0.2) is 71.9 Å². The maximum Gasteiger partial charge on any atom is 0.321 e. The van der Waals surface area contributed by atoms with Crippen LogP contribution >= 0.6 is 0 Å². The summed E-state index contributed by atoms with van der Waals surface area (Å²) in [5.74, 6) is 1.04. The van der Waals surface area contributed by atoms with E-state index in [-0.39, 0.29) is 11.9 Å². The fourth-order valence-corrected chi connectivity index (χ4v) is 4.56. The van der Waals surface area contributed by atoms with Crippen LogP contribution in [0.2, 0.25) is 0 Å². The van der Waals surface area contributed by atoms with Crippen molar-refractivity contribution in [2.24, 2.45) is 5.92 Å². The number of anilines is 1. The van der Waals surface area contributed by atoms with E-state index in [1.165, 1.54) is 32.1 Å². The van der Waals surface area contributed by atoms with Gasteiger partial charge in [-0.2, -0.15) is 0 Å². The van der Waals surface area contributed by atoms with Gasteiger partial charge in [0.1, 0.15) is 0 Å². The van der Waals surface area contributed by atoms with E-state index in [1.807, 2.05) is 35.2 Å². The number of nitrogens with one attached hydrogen (secondary N) is 1. The van der Waals surface area contributed by atoms with Crippen molar-refractivity contribution in [3.05, 3.63) is 30.3 Å². The van der Waals surface area contributed by atoms with E-state index in [0.717, 1.165) is 18.2 Å². The summed E-state index contributed by atoms with van der Waals surface area (Å²) in [5, 5.41) is 2.92. The quantitative estimate of drug-likeness (QED) is 0.886. The number of amides is 3. The Morgan fingerprint density at radius 3 is 2.26 bits per heavy atom. The standard InChI is InChI=1S/C21H30N4O2/c26-20(16-25-11-5-10-19(25)17-6-4-7-17)23-12-14-24(15-13-23)21(27)22-18-8-2-1-3-9-18/h1-3,8-9,17,19H,4-7,10-16H2,(H,22,27). The summed E-state index contributed by atoms with van der Waals surface area (Å²) in [4.78, 5) is 31.3. The highest BCUT2D eigenvalue weighted by Crippen LogP contribution is 2.37. The molecule has 146 valence electrons. The molecule has 1 aromatic carbocycles. The Labute approximate surface area is 161 Å². The van der Waals surface area contributed by atoms with Gasteiger partial charge in [-0.05, 0) is 50.3 Å². The van der Waals surface area contributed by atoms with Crippen molar-refractivity contribution >= 4 is 17.6 Å². The summed E-state index contributed by atoms with van der Waals surface area (Å²) in [6.45, 7) is 4.06. The Morgan fingerprint density at radius 2 is 1.59 bits per heavy atom. The highest BCUT2D eigenvalue weighted by atomic mass is 16.2. The molecule has 0 aromatic heterocycles. The number of nitrogens with zero attached hydrogens (tertiary/aromatic N) is 3. The first-order valence-electron chi connectivity index (χ1n) is 10.3. The summed E-state index contributed by atoms with van der Waals surface area (Å²) in [7, 11) is 0. The zero-order valence-corrected chi connectivity index (χ0v) is 16.0. The molecule has 1 unspecified atom stereocenters. The van der Waals surface area contributed by atoms with E-state index in [2.05, 4.69) is 10.2 Å². The van der Waals surface area contributed by atoms with Crippen LogP contribution in [0.3, 0.4) is 0 Å². The van der Waals surface area contributed by atoms with Crippen molar-refractivity contribution in [1.29, 1.82) is 0 Å². The maximum atomic E-state index is 12.8. The molecule has 1 N–H and O–H groups in total. The second-order valence-corrected chi connectivity index (χ2v) is 8.04. The topological polar surface area (TPSA) is 55.9 Å². The van der Waals surface area contributed by atoms with Crippen LogP contribution in [0, 0.1) is 5.92 Å². The molecule has 3 amide bonds. The van der Waals surface area contributed by atoms with Crippen LogP contribution in [0.5, 0.6) is 0 Å². The molecular formula is C21H30N4O2. The minimum atomic E-state index is -0.0853. The molecule has 3 aliphatic rings. The molecule has 27 heavy (non-hydrogen) atoms. The van der Waals surface area contributed by atoms with Crippen LogP contribution in [0.15, 0.2) is 30.3 Å². The highest BCUT2D eigenvalue weighted by Gasteiger charge is 2.36. The second-order valence-electron chi connectivity index (χ2n) is 8.04. The van der Waals surface area contributed by atoms with Gasteiger partial charge < -0.3 is 15.1 Å². The van der Waals surface area contributed by atoms with Crippen molar-refractivity contribution < 1.29 is 9.59 Å². The number of piperazine rings is 1. The Morgan fingerprint density at radius 1 is 0.889 bits per heavy atom. The zero-order valence-electron chi connectivity index (χ0n) is 16.0. The molecule has 4 rings (SSSR count). The minimum Gasteiger partial charge on any atom is -0.338 e. The minimum absolute atomic E-state index is 0.0853. The highest BCUT2D eigenvalue weighted by molar-refractivity contribution is 5.89. The molecule has 1 aliphatic carbocycles. The first-order valence-corrected chi connectivity index (χ1v) is 10.3. The van der Waals surface area contributed by atoms with Crippen molar-refractivity contribution in [2.45, 2.75) is 38.1 Å². The third-order valence-corrected chi connectivity index (χ3v) is 6.39. The summed E-state index contributed by atoms with van der Waals surface area (Å²) < 4.78 is 0. The van der Waals surface area contributed by atoms with Crippen molar-refractivity contribution in [1.82, 2.24) is 14.7 Å². The molecule has 6 heteroatoms. The number of urea groups is 1. The lowest BCUT2D eigenvalue weighted by Crippen LogP contribution is -2.54. The molecule has 2 heterocycles. The van der Waals surface area contributed by atoms with E-state index in [4.69, 9.17) is 0 Å². The number of benzene rings is 1. The molecule has 0 radical (unpaired) electrons. The largest absolute Gasteiger partial charge is 0.338 e. The fraction of sp³-hybridized carbons (Fsp3) is 0.619. The Kier molecular flexibility index (Phi) is 5.62. The molecule has 0 spiro atoms. The lowest BCUT2D eigenvalue weighted by Gasteiger charge is -2.39. The van der Waals surface area contributed by atoms with Crippen molar-refractivity contribution in [3.8, 4) is 0 Å². The Balaban J connectivity index is 1.23. The SMILES string of the molecule is O=C(CN1CCCC1C1CCC1)N1CCN(C(=O)Nc2ccccc2)CC1. The van der Waals surface area contributed by atoms with Crippen LogP contribution in [0.4, 0.5) is 10.5 Å². The third kappa shape index (κ3) is 4.26. The summed E-state index contributed by atoms with van der Waals surface area (Å²) >= 11 is 0. The smallest absolute Gasteiger partial charge is 0.321 e. The number of carbonyl (C=O) groups excluding carboxylic acids is 2. The average Bonchev–Trinajstić information content (AvgIpc) is 3.09. The van der Waals surface area contributed by atoms with Crippen LogP contribution in [-0.2, 0) is 4.79 Å². The van der Waals surface area contributed by atoms with E-state index in [0.29, 0.717) is 38.8 Å². The fourth-order valence-electron chi connectivity index (χ4n) is 4.56. The Bertz CT molecular complexity index is 653. The van der Waals surface area contributed by atoms with Crippen LogP contribution < -0.4 is 5.32 Å². The van der Waals surface area contributed by atoms with E-state index >= 15 is 0 Å². The molecule has 1 saturated carbocycles. The van der Waals surface area contributed by atoms with Gasteiger partial charge in [-0.15, -0.1) is 0 Å². The second kappa shape index (κ2) is 8.30. The van der Waals surface area contributed by atoms with Crippen LogP contribution in [0.1, 0.15) is 32.1 Å². The van der Waals surface area contributed by atoms with E-state index in [9.17, 15) is 9.59 Å². The van der Waals surface area contributed by atoms with Crippen molar-refractivity contribution in [3.63, 3.8) is 0 Å². The van der Waals surface area contributed by atoms with Gasteiger partial charge in [-0.3, -0.25) is 9.69 Å². The van der Waals surface area contributed by atoms with Gasteiger partial charge in [-0.25, -0.2) is 4.79 Å². The lowest BCUT2D eigenvalue weighted by molar-refractivity contribution is -0.134. The lowest BCUT2D eigenvalue weighted by atomic mass is 9.79. The predicted molar refractivity (Wildman–Crippen MR) is 106 cm³/mol. The molecule has 0 bridgehead atoms. The summed E-state index contributed by atoms with van der Waals surface area (Å²) in [5.41, 5.74) is 0.803. The van der Waals surface area contributed by atoms with E-state index < -0.39 is 0 Å². The maximum absolute atomic E-state index is 12.8. The van der Waals surface area contributed by atoms with Gasteiger partial charge >= 0.3 is 6.03 Å². The first kappa shape index (κ1) is 18.3. The molecular weight excluding hydrogens is 340 g/mol. The number of likely N-dealkylation sites (tertiary alicyclic amines) is 1. The van der Waals surface area contributed by atoms with Gasteiger partial charge in [0.05, 0.1) is 6.54 Å². The normalized spacial score (nSPS) is 23.9. The number of rotatable bonds is 4. The Hall–Kier alpha value is -2.08. The van der Waals surface area contributed by atoms with Crippen molar-refractivity contribution in [2.75, 3.05) is 44.6 Å². The monoisotopic (exact) mass is 370 g/mol. The number of hydrogen-bond acceptors (Lipinski definition) is 3. The molecule has 2 aliphatic heterocycles. The molecule has 6 nitrogen and oxygen atoms in total. The zero-order chi connectivity index (χ0) is 18.6. The van der Waals surface area contributed by atoms with Gasteiger partial charge in [0, 0.05) is 37.9 Å². The summed E-state index contributed by atoms with van der Waals surface area (Å²) in [6.07, 6.45) is 6.51. The number of carbonyl (C=O) groups is 2. The van der Waals surface area contributed by atoms with Crippen LogP contribution in [0.25, 0.3) is 0 Å². The van der Waals surface area contributed by atoms with Gasteiger partial charge in [-0.1, -0.05) is 24.6 Å². The first-order chi connectivity index (χ1) is 13.2. The van der Waals surface area contributed by atoms with Gasteiger partial charge in [0.2, 0.25) is 5.91 Å². The predicted octanol–water partition coefficient (Wildman–Crippen LogP) is 2.63. The number of hydrogen-bond donors (Lipinski definition) is 1. The molecule has 2 saturated heterocycles. The number of para-hydroxylation sites is 1. The van der Waals surface area contributed by atoms with Gasteiger partial charge in [0.15, 0.2) is 0 Å². The molecule has 1 aromatic rings. The van der Waals surface area contributed by atoms with E-state index in [1.54, 1.807) is 4.90 Å². The molecule has 1 atom stereocenters. The molecule has 3 fully saturated rings. The van der Waals surface area contributed by atoms with Gasteiger partial charge in [0.25, 0.3) is 0 Å². The third-order valence-electron chi connectivity index (χ3n) is 6.39.